The lowest BCUT2D eigenvalue weighted by Gasteiger charge is -2.18. The first-order valence-corrected chi connectivity index (χ1v) is 6.93. The normalized spacial score (nSPS) is 10.5. The molecule has 0 bridgehead atoms. The first kappa shape index (κ1) is 14.0. The molecule has 0 atom stereocenters. The third-order valence-electron chi connectivity index (χ3n) is 2.51. The van der Waals surface area contributed by atoms with Crippen molar-refractivity contribution in [3.05, 3.63) is 10.6 Å². The zero-order valence-electron chi connectivity index (χ0n) is 10.7. The number of aromatic nitrogens is 1. The van der Waals surface area contributed by atoms with Crippen molar-refractivity contribution in [3.8, 4) is 0 Å². The second-order valence-electron chi connectivity index (χ2n) is 3.91. The topological polar surface area (TPSA) is 53.4 Å². The summed E-state index contributed by atoms with van der Waals surface area (Å²) in [5.74, 6) is -0.857. The van der Waals surface area contributed by atoms with Crippen LogP contribution in [0.3, 0.4) is 0 Å². The fourth-order valence-electron chi connectivity index (χ4n) is 1.71. The minimum atomic E-state index is -0.857. The molecule has 0 unspecified atom stereocenters. The average molecular weight is 256 g/mol. The van der Waals surface area contributed by atoms with Gasteiger partial charge in [0, 0.05) is 13.1 Å². The van der Waals surface area contributed by atoms with Gasteiger partial charge in [0.05, 0.1) is 5.69 Å². The smallest absolute Gasteiger partial charge is 0.347 e. The summed E-state index contributed by atoms with van der Waals surface area (Å²) in [4.78, 5) is 18.1. The standard InChI is InChI=1S/C12H20N2O2S/c1-4-7-9-10(11(15)16)17-12(13-9)14(6-3)8-5-2/h4-8H2,1-3H3,(H,15,16). The highest BCUT2D eigenvalue weighted by atomic mass is 32.1. The van der Waals surface area contributed by atoms with Gasteiger partial charge in [-0.15, -0.1) is 0 Å². The quantitative estimate of drug-likeness (QED) is 0.814. The molecule has 0 radical (unpaired) electrons. The number of carboxylic acids is 1. The maximum atomic E-state index is 11.1. The van der Waals surface area contributed by atoms with Gasteiger partial charge in [0.2, 0.25) is 0 Å². The predicted molar refractivity (Wildman–Crippen MR) is 71.2 cm³/mol. The van der Waals surface area contributed by atoms with E-state index in [1.807, 2.05) is 6.92 Å². The molecule has 4 nitrogen and oxygen atoms in total. The molecule has 1 aromatic rings. The monoisotopic (exact) mass is 256 g/mol. The molecular weight excluding hydrogens is 236 g/mol. The van der Waals surface area contributed by atoms with Gasteiger partial charge in [-0.2, -0.15) is 0 Å². The van der Waals surface area contributed by atoms with Crippen LogP contribution < -0.4 is 4.90 Å². The third kappa shape index (κ3) is 3.43. The average Bonchev–Trinajstić information content (AvgIpc) is 2.70. The van der Waals surface area contributed by atoms with Crippen LogP contribution in [-0.2, 0) is 6.42 Å². The number of anilines is 1. The fourth-order valence-corrected chi connectivity index (χ4v) is 2.75. The maximum absolute atomic E-state index is 11.1. The summed E-state index contributed by atoms with van der Waals surface area (Å²) in [7, 11) is 0. The number of thiazole rings is 1. The third-order valence-corrected chi connectivity index (χ3v) is 3.66. The highest BCUT2D eigenvalue weighted by molar-refractivity contribution is 7.17. The van der Waals surface area contributed by atoms with Crippen molar-refractivity contribution in [2.75, 3.05) is 18.0 Å². The van der Waals surface area contributed by atoms with E-state index in [0.29, 0.717) is 4.88 Å². The number of nitrogens with zero attached hydrogens (tertiary/aromatic N) is 2. The number of aromatic carboxylic acids is 1. The number of aryl methyl sites for hydroxylation is 1. The van der Waals surface area contributed by atoms with E-state index in [-0.39, 0.29) is 0 Å². The summed E-state index contributed by atoms with van der Waals surface area (Å²) in [6.07, 6.45) is 2.70. The summed E-state index contributed by atoms with van der Waals surface area (Å²) in [6.45, 7) is 8.01. The van der Waals surface area contributed by atoms with Gasteiger partial charge in [0.15, 0.2) is 5.13 Å². The van der Waals surface area contributed by atoms with E-state index in [9.17, 15) is 4.79 Å². The van der Waals surface area contributed by atoms with Crippen LogP contribution in [0.2, 0.25) is 0 Å². The second kappa shape index (κ2) is 6.59. The van der Waals surface area contributed by atoms with E-state index >= 15 is 0 Å². The molecule has 1 rings (SSSR count). The van der Waals surface area contributed by atoms with Gasteiger partial charge in [-0.1, -0.05) is 31.6 Å². The summed E-state index contributed by atoms with van der Waals surface area (Å²) >= 11 is 1.30. The van der Waals surface area contributed by atoms with E-state index in [2.05, 4.69) is 23.7 Å². The van der Waals surface area contributed by atoms with Crippen molar-refractivity contribution in [2.24, 2.45) is 0 Å². The Balaban J connectivity index is 3.00. The zero-order chi connectivity index (χ0) is 12.8. The van der Waals surface area contributed by atoms with Crippen LogP contribution in [0.15, 0.2) is 0 Å². The molecule has 5 heteroatoms. The Morgan fingerprint density at radius 2 is 2.06 bits per heavy atom. The van der Waals surface area contributed by atoms with Crippen LogP contribution in [0.4, 0.5) is 5.13 Å². The first-order valence-electron chi connectivity index (χ1n) is 6.11. The Kier molecular flexibility index (Phi) is 5.41. The van der Waals surface area contributed by atoms with Crippen LogP contribution in [-0.4, -0.2) is 29.1 Å². The Hall–Kier alpha value is -1.10. The molecule has 0 spiro atoms. The largest absolute Gasteiger partial charge is 0.477 e. The molecule has 0 fully saturated rings. The molecule has 0 aliphatic rings. The Bertz CT molecular complexity index is 377. The van der Waals surface area contributed by atoms with Gasteiger partial charge in [0.1, 0.15) is 4.88 Å². The Labute approximate surface area is 106 Å². The number of hydrogen-bond donors (Lipinski definition) is 1. The molecule has 96 valence electrons. The molecule has 0 amide bonds. The van der Waals surface area contributed by atoms with E-state index in [4.69, 9.17) is 5.11 Å². The van der Waals surface area contributed by atoms with Crippen LogP contribution in [0, 0.1) is 0 Å². The zero-order valence-corrected chi connectivity index (χ0v) is 11.5. The molecule has 1 N–H and O–H groups in total. The minimum absolute atomic E-state index is 0.399. The highest BCUT2D eigenvalue weighted by Gasteiger charge is 2.19. The minimum Gasteiger partial charge on any atom is -0.477 e. The van der Waals surface area contributed by atoms with Gasteiger partial charge >= 0.3 is 5.97 Å². The van der Waals surface area contributed by atoms with Gasteiger partial charge in [-0.25, -0.2) is 9.78 Å². The van der Waals surface area contributed by atoms with E-state index < -0.39 is 5.97 Å². The Morgan fingerprint density at radius 3 is 2.53 bits per heavy atom. The maximum Gasteiger partial charge on any atom is 0.347 e. The summed E-state index contributed by atoms with van der Waals surface area (Å²) in [5, 5.41) is 9.98. The summed E-state index contributed by atoms with van der Waals surface area (Å²) < 4.78 is 0. The molecule has 1 aromatic heterocycles. The number of carbonyl (C=O) groups is 1. The number of hydrogen-bond acceptors (Lipinski definition) is 4. The van der Waals surface area contributed by atoms with Crippen molar-refractivity contribution >= 4 is 22.4 Å². The van der Waals surface area contributed by atoms with Crippen LogP contribution in [0.25, 0.3) is 0 Å². The van der Waals surface area contributed by atoms with Gasteiger partial charge in [-0.05, 0) is 19.8 Å². The van der Waals surface area contributed by atoms with Crippen LogP contribution >= 0.6 is 11.3 Å². The lowest BCUT2D eigenvalue weighted by Crippen LogP contribution is -2.23. The van der Waals surface area contributed by atoms with Crippen molar-refractivity contribution in [3.63, 3.8) is 0 Å². The van der Waals surface area contributed by atoms with Crippen molar-refractivity contribution < 1.29 is 9.90 Å². The Morgan fingerprint density at radius 1 is 1.35 bits per heavy atom. The van der Waals surface area contributed by atoms with E-state index in [1.165, 1.54) is 11.3 Å². The van der Waals surface area contributed by atoms with Crippen LogP contribution in [0.1, 0.15) is 49.0 Å². The molecule has 0 aliphatic heterocycles. The van der Waals surface area contributed by atoms with Crippen molar-refractivity contribution in [1.82, 2.24) is 4.98 Å². The summed E-state index contributed by atoms with van der Waals surface area (Å²) in [6, 6.07) is 0. The van der Waals surface area contributed by atoms with E-state index in [1.54, 1.807) is 0 Å². The molecule has 0 saturated carbocycles. The number of rotatable bonds is 7. The van der Waals surface area contributed by atoms with Gasteiger partial charge in [-0.3, -0.25) is 0 Å². The number of carboxylic acid groups (broad SMARTS) is 1. The molecule has 1 heterocycles. The van der Waals surface area contributed by atoms with E-state index in [0.717, 1.165) is 43.2 Å². The highest BCUT2D eigenvalue weighted by Crippen LogP contribution is 2.27. The second-order valence-corrected chi connectivity index (χ2v) is 4.88. The molecular formula is C12H20N2O2S. The van der Waals surface area contributed by atoms with Crippen LogP contribution in [0.5, 0.6) is 0 Å². The predicted octanol–water partition coefficient (Wildman–Crippen LogP) is 3.03. The fraction of sp³-hybridized carbons (Fsp3) is 0.667. The summed E-state index contributed by atoms with van der Waals surface area (Å²) in [5.41, 5.74) is 0.731. The molecule has 0 aromatic carbocycles. The lowest BCUT2D eigenvalue weighted by atomic mass is 10.2. The molecule has 0 aliphatic carbocycles. The molecule has 0 saturated heterocycles. The lowest BCUT2D eigenvalue weighted by molar-refractivity contribution is 0.0700. The first-order chi connectivity index (χ1) is 8.13. The van der Waals surface area contributed by atoms with Gasteiger partial charge < -0.3 is 10.0 Å². The molecule has 17 heavy (non-hydrogen) atoms. The van der Waals surface area contributed by atoms with Crippen molar-refractivity contribution in [1.29, 1.82) is 0 Å². The van der Waals surface area contributed by atoms with Gasteiger partial charge in [0.25, 0.3) is 0 Å². The SMILES string of the molecule is CCCc1nc(N(CC)CCC)sc1C(=O)O. The van der Waals surface area contributed by atoms with Crippen molar-refractivity contribution in [2.45, 2.75) is 40.0 Å².